The summed E-state index contributed by atoms with van der Waals surface area (Å²) in [6.07, 6.45) is 1.14. The second-order valence-electron chi connectivity index (χ2n) is 5.85. The second kappa shape index (κ2) is 5.00. The number of fused-ring (bicyclic) bond motifs is 1. The highest BCUT2D eigenvalue weighted by molar-refractivity contribution is 6.30. The van der Waals surface area contributed by atoms with E-state index in [9.17, 15) is 14.7 Å². The van der Waals surface area contributed by atoms with Gasteiger partial charge in [0.25, 0.3) is 0 Å². The molecule has 0 saturated heterocycles. The van der Waals surface area contributed by atoms with Crippen molar-refractivity contribution < 1.29 is 19.8 Å². The Morgan fingerprint density at radius 3 is 2.48 bits per heavy atom. The zero-order chi connectivity index (χ0) is 15.2. The first-order valence-electron chi connectivity index (χ1n) is 6.91. The summed E-state index contributed by atoms with van der Waals surface area (Å²) >= 11 is 5.82. The number of hydrogen-bond donors (Lipinski definition) is 3. The zero-order valence-corrected chi connectivity index (χ0v) is 12.0. The van der Waals surface area contributed by atoms with Gasteiger partial charge in [0.05, 0.1) is 5.92 Å². The molecule has 2 saturated carbocycles. The number of halogens is 1. The minimum absolute atomic E-state index is 0.00341. The summed E-state index contributed by atoms with van der Waals surface area (Å²) in [5, 5.41) is 22.5. The number of aliphatic carboxylic acids is 2. The van der Waals surface area contributed by atoms with Crippen LogP contribution >= 0.6 is 11.6 Å². The van der Waals surface area contributed by atoms with Crippen molar-refractivity contribution in [1.82, 2.24) is 5.32 Å². The molecular weight excluding hydrogens is 294 g/mol. The Hall–Kier alpha value is -1.59. The average Bonchev–Trinajstić information content (AvgIpc) is 3.06. The van der Waals surface area contributed by atoms with E-state index >= 15 is 0 Å². The molecule has 2 fully saturated rings. The van der Waals surface area contributed by atoms with Gasteiger partial charge in [-0.2, -0.15) is 0 Å². The van der Waals surface area contributed by atoms with Crippen molar-refractivity contribution >= 4 is 23.5 Å². The van der Waals surface area contributed by atoms with Gasteiger partial charge in [0.2, 0.25) is 0 Å². The monoisotopic (exact) mass is 309 g/mol. The molecule has 0 aromatic heterocycles. The van der Waals surface area contributed by atoms with E-state index in [1.807, 2.05) is 12.1 Å². The van der Waals surface area contributed by atoms with Crippen LogP contribution in [0.25, 0.3) is 0 Å². The van der Waals surface area contributed by atoms with Crippen LogP contribution in [0.2, 0.25) is 5.02 Å². The highest BCUT2D eigenvalue weighted by atomic mass is 35.5. The maximum Gasteiger partial charge on any atom is 0.324 e. The second-order valence-corrected chi connectivity index (χ2v) is 6.29. The van der Waals surface area contributed by atoms with Crippen LogP contribution in [0.15, 0.2) is 24.3 Å². The third-order valence-corrected chi connectivity index (χ3v) is 5.05. The Kier molecular flexibility index (Phi) is 3.42. The predicted octanol–water partition coefficient (Wildman–Crippen LogP) is 1.99. The van der Waals surface area contributed by atoms with Gasteiger partial charge < -0.3 is 10.2 Å². The number of carbonyl (C=O) groups is 2. The van der Waals surface area contributed by atoms with Crippen molar-refractivity contribution in [2.24, 2.45) is 17.8 Å². The molecule has 0 radical (unpaired) electrons. The lowest BCUT2D eigenvalue weighted by Gasteiger charge is -2.28. The molecular formula is C15H16ClNO4. The van der Waals surface area contributed by atoms with Crippen molar-refractivity contribution in [3.05, 3.63) is 34.9 Å². The van der Waals surface area contributed by atoms with Crippen molar-refractivity contribution in [3.63, 3.8) is 0 Å². The van der Waals surface area contributed by atoms with E-state index in [0.717, 1.165) is 5.56 Å². The average molecular weight is 310 g/mol. The normalized spacial score (nSPS) is 33.5. The molecule has 3 rings (SSSR count). The van der Waals surface area contributed by atoms with Crippen LogP contribution in [-0.2, 0) is 16.1 Å². The minimum atomic E-state index is -1.12. The maximum atomic E-state index is 11.7. The maximum absolute atomic E-state index is 11.7. The van der Waals surface area contributed by atoms with Gasteiger partial charge in [0, 0.05) is 17.5 Å². The van der Waals surface area contributed by atoms with Crippen LogP contribution in [0.5, 0.6) is 0 Å². The summed E-state index contributed by atoms with van der Waals surface area (Å²) in [7, 11) is 0. The van der Waals surface area contributed by atoms with E-state index in [-0.39, 0.29) is 11.8 Å². The Bertz CT molecular complexity index is 588. The number of carboxylic acid groups (broad SMARTS) is 2. The predicted molar refractivity (Wildman–Crippen MR) is 76.0 cm³/mol. The molecule has 6 heteroatoms. The molecule has 1 aromatic rings. The Balaban J connectivity index is 1.75. The lowest BCUT2D eigenvalue weighted by molar-refractivity contribution is -0.147. The highest BCUT2D eigenvalue weighted by Gasteiger charge is 2.71. The lowest BCUT2D eigenvalue weighted by atomic mass is 9.90. The molecule has 0 aliphatic heterocycles. The van der Waals surface area contributed by atoms with Gasteiger partial charge in [0.15, 0.2) is 0 Å². The van der Waals surface area contributed by atoms with E-state index in [4.69, 9.17) is 16.7 Å². The van der Waals surface area contributed by atoms with E-state index < -0.39 is 23.4 Å². The van der Waals surface area contributed by atoms with E-state index in [1.54, 1.807) is 12.1 Å². The van der Waals surface area contributed by atoms with Crippen LogP contribution < -0.4 is 5.32 Å². The SMILES string of the molecule is O=C(O)C1C2CCC(NCc3ccc(Cl)cc3)(C(=O)O)C21. The molecule has 0 spiro atoms. The third kappa shape index (κ3) is 2.30. The van der Waals surface area contributed by atoms with Crippen LogP contribution in [0.4, 0.5) is 0 Å². The fraction of sp³-hybridized carbons (Fsp3) is 0.467. The molecule has 1 aromatic carbocycles. The fourth-order valence-electron chi connectivity index (χ4n) is 3.70. The quantitative estimate of drug-likeness (QED) is 0.774. The van der Waals surface area contributed by atoms with Crippen LogP contribution in [0.1, 0.15) is 18.4 Å². The Morgan fingerprint density at radius 1 is 1.29 bits per heavy atom. The first-order chi connectivity index (χ1) is 9.95. The lowest BCUT2D eigenvalue weighted by Crippen LogP contribution is -2.53. The Labute approximate surface area is 126 Å². The van der Waals surface area contributed by atoms with Crippen LogP contribution in [-0.4, -0.2) is 27.7 Å². The van der Waals surface area contributed by atoms with Gasteiger partial charge in [-0.25, -0.2) is 0 Å². The van der Waals surface area contributed by atoms with E-state index in [0.29, 0.717) is 24.4 Å². The number of benzene rings is 1. The van der Waals surface area contributed by atoms with Crippen LogP contribution in [0.3, 0.4) is 0 Å². The molecule has 2 aliphatic rings. The summed E-state index contributed by atoms with van der Waals surface area (Å²) in [5.74, 6) is -2.67. The molecule has 5 nitrogen and oxygen atoms in total. The molecule has 0 heterocycles. The van der Waals surface area contributed by atoms with Gasteiger partial charge in [-0.1, -0.05) is 23.7 Å². The molecule has 0 bridgehead atoms. The zero-order valence-electron chi connectivity index (χ0n) is 11.3. The molecule has 0 amide bonds. The van der Waals surface area contributed by atoms with Gasteiger partial charge in [-0.15, -0.1) is 0 Å². The number of rotatable bonds is 5. The summed E-state index contributed by atoms with van der Waals surface area (Å²) < 4.78 is 0. The van der Waals surface area contributed by atoms with Crippen LogP contribution in [0, 0.1) is 17.8 Å². The van der Waals surface area contributed by atoms with Crippen molar-refractivity contribution in [2.45, 2.75) is 24.9 Å². The fourth-order valence-corrected chi connectivity index (χ4v) is 3.82. The third-order valence-electron chi connectivity index (χ3n) is 4.80. The minimum Gasteiger partial charge on any atom is -0.481 e. The molecule has 4 atom stereocenters. The van der Waals surface area contributed by atoms with Gasteiger partial charge in [-0.3, -0.25) is 14.9 Å². The summed E-state index contributed by atoms with van der Waals surface area (Å²) in [4.78, 5) is 22.9. The largest absolute Gasteiger partial charge is 0.481 e. The molecule has 3 N–H and O–H groups in total. The first-order valence-corrected chi connectivity index (χ1v) is 7.29. The molecule has 112 valence electrons. The Morgan fingerprint density at radius 2 is 1.95 bits per heavy atom. The molecule has 21 heavy (non-hydrogen) atoms. The highest BCUT2D eigenvalue weighted by Crippen LogP contribution is 2.62. The van der Waals surface area contributed by atoms with Gasteiger partial charge >= 0.3 is 11.9 Å². The van der Waals surface area contributed by atoms with E-state index in [2.05, 4.69) is 5.32 Å². The smallest absolute Gasteiger partial charge is 0.324 e. The number of nitrogens with one attached hydrogen (secondary N) is 1. The molecule has 4 unspecified atom stereocenters. The summed E-state index contributed by atoms with van der Waals surface area (Å²) in [6.45, 7) is 0.388. The topological polar surface area (TPSA) is 86.6 Å². The van der Waals surface area contributed by atoms with Crippen molar-refractivity contribution in [2.75, 3.05) is 0 Å². The standard InChI is InChI=1S/C15H16ClNO4/c16-9-3-1-8(2-4-9)7-17-15(14(20)21)6-5-10-11(12(10)15)13(18)19/h1-4,10-12,17H,5-7H2,(H,18,19)(H,20,21). The van der Waals surface area contributed by atoms with Crippen molar-refractivity contribution in [1.29, 1.82) is 0 Å². The molecule has 2 aliphatic carbocycles. The summed E-state index contributed by atoms with van der Waals surface area (Å²) in [5.41, 5.74) is -0.191. The van der Waals surface area contributed by atoms with E-state index in [1.165, 1.54) is 0 Å². The summed E-state index contributed by atoms with van der Waals surface area (Å²) in [6, 6.07) is 7.17. The first kappa shape index (κ1) is 14.4. The number of hydrogen-bond acceptors (Lipinski definition) is 3. The number of carboxylic acids is 2. The van der Waals surface area contributed by atoms with Gasteiger partial charge in [-0.05, 0) is 36.5 Å². The van der Waals surface area contributed by atoms with Gasteiger partial charge in [0.1, 0.15) is 5.54 Å². The van der Waals surface area contributed by atoms with Crippen molar-refractivity contribution in [3.8, 4) is 0 Å².